The Labute approximate surface area is 140 Å². The third kappa shape index (κ3) is 4.53. The van der Waals surface area contributed by atoms with E-state index in [9.17, 15) is 18.0 Å². The number of carboxylic acids is 1. The maximum atomic E-state index is 12.2. The number of carbonyl (C=O) groups excluding carboxylic acids is 1. The molecule has 0 aromatic heterocycles. The Morgan fingerprint density at radius 3 is 2.58 bits per heavy atom. The van der Waals surface area contributed by atoms with Gasteiger partial charge in [-0.1, -0.05) is 12.1 Å². The van der Waals surface area contributed by atoms with Crippen molar-refractivity contribution in [2.75, 3.05) is 26.7 Å². The molecule has 9 heteroatoms. The van der Waals surface area contributed by atoms with Crippen molar-refractivity contribution in [3.63, 3.8) is 0 Å². The van der Waals surface area contributed by atoms with Crippen LogP contribution >= 0.6 is 0 Å². The highest BCUT2D eigenvalue weighted by atomic mass is 32.2. The van der Waals surface area contributed by atoms with Crippen molar-refractivity contribution in [2.45, 2.75) is 23.8 Å². The summed E-state index contributed by atoms with van der Waals surface area (Å²) in [7, 11) is -2.12. The number of carbonyl (C=O) groups is 2. The number of hydrogen-bond acceptors (Lipinski definition) is 5. The first-order valence-corrected chi connectivity index (χ1v) is 9.08. The van der Waals surface area contributed by atoms with Crippen LogP contribution in [0, 0.1) is 0 Å². The number of aliphatic carboxylic acids is 1. The second-order valence-corrected chi connectivity index (χ2v) is 7.42. The van der Waals surface area contributed by atoms with Crippen molar-refractivity contribution >= 4 is 21.9 Å². The lowest BCUT2D eigenvalue weighted by molar-refractivity contribution is -0.142. The Morgan fingerprint density at radius 1 is 1.33 bits per heavy atom. The molecule has 0 spiro atoms. The van der Waals surface area contributed by atoms with Crippen LogP contribution in [0.15, 0.2) is 29.2 Å². The molecule has 1 fully saturated rings. The zero-order valence-electron chi connectivity index (χ0n) is 13.4. The van der Waals surface area contributed by atoms with Gasteiger partial charge in [0.25, 0.3) is 0 Å². The van der Waals surface area contributed by atoms with Gasteiger partial charge >= 0.3 is 5.97 Å². The molecular weight excluding hydrogens is 334 g/mol. The number of nitrogens with one attached hydrogen (secondary N) is 2. The molecule has 132 valence electrons. The van der Waals surface area contributed by atoms with E-state index in [1.807, 2.05) is 0 Å². The molecule has 0 aliphatic carbocycles. The van der Waals surface area contributed by atoms with E-state index in [0.717, 1.165) is 5.56 Å². The lowest BCUT2D eigenvalue weighted by Crippen LogP contribution is -2.55. The molecule has 1 unspecified atom stereocenters. The molecule has 1 heterocycles. The number of nitrogens with zero attached hydrogens (tertiary/aromatic N) is 1. The van der Waals surface area contributed by atoms with E-state index >= 15 is 0 Å². The minimum atomic E-state index is -3.47. The summed E-state index contributed by atoms with van der Waals surface area (Å²) in [5.41, 5.74) is 0.850. The van der Waals surface area contributed by atoms with Crippen LogP contribution in [0.3, 0.4) is 0 Å². The van der Waals surface area contributed by atoms with Crippen LogP contribution in [0.4, 0.5) is 0 Å². The van der Waals surface area contributed by atoms with Gasteiger partial charge in [-0.25, -0.2) is 13.1 Å². The summed E-state index contributed by atoms with van der Waals surface area (Å²) in [4.78, 5) is 24.9. The van der Waals surface area contributed by atoms with Crippen molar-refractivity contribution < 1.29 is 23.1 Å². The smallest absolute Gasteiger partial charge is 0.322 e. The molecule has 3 N–H and O–H groups in total. The van der Waals surface area contributed by atoms with Crippen LogP contribution in [0.5, 0.6) is 0 Å². The van der Waals surface area contributed by atoms with Gasteiger partial charge in [-0.05, 0) is 31.2 Å². The molecule has 1 aromatic rings. The first-order chi connectivity index (χ1) is 11.3. The van der Waals surface area contributed by atoms with E-state index in [2.05, 4.69) is 10.0 Å². The summed E-state index contributed by atoms with van der Waals surface area (Å²) < 4.78 is 25.5. The van der Waals surface area contributed by atoms with Gasteiger partial charge in [0.15, 0.2) is 0 Å². The Hall–Kier alpha value is -1.97. The van der Waals surface area contributed by atoms with Gasteiger partial charge in [0.2, 0.25) is 15.9 Å². The number of rotatable bonds is 6. The van der Waals surface area contributed by atoms with Crippen LogP contribution in [0.2, 0.25) is 0 Å². The fourth-order valence-electron chi connectivity index (χ4n) is 2.50. The highest BCUT2D eigenvalue weighted by molar-refractivity contribution is 7.89. The van der Waals surface area contributed by atoms with Crippen molar-refractivity contribution in [1.29, 1.82) is 0 Å². The minimum absolute atomic E-state index is 0.102. The summed E-state index contributed by atoms with van der Waals surface area (Å²) in [5, 5.41) is 11.8. The van der Waals surface area contributed by atoms with Gasteiger partial charge in [0.05, 0.1) is 4.90 Å². The molecule has 0 radical (unpaired) electrons. The number of amides is 1. The molecule has 8 nitrogen and oxygen atoms in total. The fraction of sp³-hybridized carbons (Fsp3) is 0.467. The van der Waals surface area contributed by atoms with Crippen molar-refractivity contribution in [1.82, 2.24) is 14.9 Å². The SMILES string of the molecule is CNS(=O)(=O)c1ccc(CCC(=O)N2CCNC(C(=O)O)C2)cc1. The maximum absolute atomic E-state index is 12.2. The molecule has 0 bridgehead atoms. The molecule has 1 amide bonds. The van der Waals surface area contributed by atoms with Gasteiger partial charge < -0.3 is 15.3 Å². The number of hydrogen-bond donors (Lipinski definition) is 3. The largest absolute Gasteiger partial charge is 0.480 e. The quantitative estimate of drug-likeness (QED) is 0.628. The number of carboxylic acid groups (broad SMARTS) is 1. The second-order valence-electron chi connectivity index (χ2n) is 5.54. The number of piperazine rings is 1. The summed E-state index contributed by atoms with van der Waals surface area (Å²) in [6.07, 6.45) is 0.727. The normalized spacial score (nSPS) is 18.4. The average molecular weight is 355 g/mol. The van der Waals surface area contributed by atoms with E-state index in [1.165, 1.54) is 19.2 Å². The Balaban J connectivity index is 1.91. The summed E-state index contributed by atoms with van der Waals surface area (Å²) in [6, 6.07) is 5.62. The van der Waals surface area contributed by atoms with Gasteiger partial charge in [-0.3, -0.25) is 9.59 Å². The second kappa shape index (κ2) is 7.73. The lowest BCUT2D eigenvalue weighted by atomic mass is 10.1. The van der Waals surface area contributed by atoms with Gasteiger partial charge in [-0.2, -0.15) is 0 Å². The molecular formula is C15H21N3O5S. The zero-order valence-corrected chi connectivity index (χ0v) is 14.2. The fourth-order valence-corrected chi connectivity index (χ4v) is 3.23. The van der Waals surface area contributed by atoms with Crippen LogP contribution in [-0.2, 0) is 26.0 Å². The summed E-state index contributed by atoms with van der Waals surface area (Å²) in [5.74, 6) is -1.07. The Bertz CT molecular complexity index is 702. The number of benzene rings is 1. The van der Waals surface area contributed by atoms with Crippen molar-refractivity contribution in [2.24, 2.45) is 0 Å². The molecule has 1 atom stereocenters. The maximum Gasteiger partial charge on any atom is 0.322 e. The Kier molecular flexibility index (Phi) is 5.92. The van der Waals surface area contributed by atoms with Gasteiger partial charge in [0, 0.05) is 26.1 Å². The molecule has 1 aromatic carbocycles. The van der Waals surface area contributed by atoms with E-state index in [1.54, 1.807) is 17.0 Å². The van der Waals surface area contributed by atoms with E-state index in [4.69, 9.17) is 5.11 Å². The first-order valence-electron chi connectivity index (χ1n) is 7.60. The summed E-state index contributed by atoms with van der Waals surface area (Å²) >= 11 is 0. The minimum Gasteiger partial charge on any atom is -0.480 e. The van der Waals surface area contributed by atoms with E-state index in [0.29, 0.717) is 19.5 Å². The number of aryl methyl sites for hydroxylation is 1. The van der Waals surface area contributed by atoms with Crippen LogP contribution in [-0.4, -0.2) is 63.0 Å². The third-order valence-electron chi connectivity index (χ3n) is 3.96. The molecule has 2 rings (SSSR count). The van der Waals surface area contributed by atoms with Gasteiger partial charge in [0.1, 0.15) is 6.04 Å². The Morgan fingerprint density at radius 2 is 2.00 bits per heavy atom. The highest BCUT2D eigenvalue weighted by Crippen LogP contribution is 2.12. The molecule has 0 saturated carbocycles. The predicted molar refractivity (Wildman–Crippen MR) is 87.0 cm³/mol. The molecule has 1 saturated heterocycles. The van der Waals surface area contributed by atoms with Crippen LogP contribution < -0.4 is 10.0 Å². The van der Waals surface area contributed by atoms with Crippen molar-refractivity contribution in [3.8, 4) is 0 Å². The standard InChI is InChI=1S/C15H21N3O5S/c1-16-24(22,23)12-5-2-11(3-6-12)4-7-14(19)18-9-8-17-13(10-18)15(20)21/h2-3,5-6,13,16-17H,4,7-10H2,1H3,(H,20,21). The topological polar surface area (TPSA) is 116 Å². The lowest BCUT2D eigenvalue weighted by Gasteiger charge is -2.31. The number of sulfonamides is 1. The monoisotopic (exact) mass is 355 g/mol. The molecule has 24 heavy (non-hydrogen) atoms. The first kappa shape index (κ1) is 18.4. The van der Waals surface area contributed by atoms with Gasteiger partial charge in [-0.15, -0.1) is 0 Å². The summed E-state index contributed by atoms with van der Waals surface area (Å²) in [6.45, 7) is 1.11. The predicted octanol–water partition coefficient (Wildman–Crippen LogP) is -0.588. The molecule has 1 aliphatic heterocycles. The van der Waals surface area contributed by atoms with Crippen LogP contribution in [0.1, 0.15) is 12.0 Å². The van der Waals surface area contributed by atoms with E-state index < -0.39 is 22.0 Å². The average Bonchev–Trinajstić information content (AvgIpc) is 2.60. The highest BCUT2D eigenvalue weighted by Gasteiger charge is 2.27. The van der Waals surface area contributed by atoms with Crippen molar-refractivity contribution in [3.05, 3.63) is 29.8 Å². The van der Waals surface area contributed by atoms with E-state index in [-0.39, 0.29) is 23.8 Å². The zero-order chi connectivity index (χ0) is 17.7. The van der Waals surface area contributed by atoms with Crippen LogP contribution in [0.25, 0.3) is 0 Å². The third-order valence-corrected chi connectivity index (χ3v) is 5.39. The molecule has 1 aliphatic rings.